The minimum atomic E-state index is 0.218. The summed E-state index contributed by atoms with van der Waals surface area (Å²) in [4.78, 5) is 0. The molecule has 1 atom stereocenters. The van der Waals surface area contributed by atoms with Crippen LogP contribution < -0.4 is 4.57 Å². The Morgan fingerprint density at radius 3 is 2.48 bits per heavy atom. The van der Waals surface area contributed by atoms with Gasteiger partial charge in [0.15, 0.2) is 11.2 Å². The van der Waals surface area contributed by atoms with Crippen LogP contribution in [0.1, 0.15) is 18.2 Å². The minimum Gasteiger partial charge on any atom is -0.309 e. The second-order valence-electron chi connectivity index (χ2n) is 8.80. The summed E-state index contributed by atoms with van der Waals surface area (Å²) < 4.78 is 4.99. The molecule has 0 N–H and O–H groups in total. The number of benzene rings is 3. The molecule has 3 aromatic carbocycles. The lowest BCUT2D eigenvalue weighted by atomic mass is 9.75. The smallest absolute Gasteiger partial charge is 0.213 e. The fourth-order valence-corrected chi connectivity index (χ4v) is 5.77. The van der Waals surface area contributed by atoms with Gasteiger partial charge < -0.3 is 4.57 Å². The average Bonchev–Trinajstić information content (AvgIpc) is 3.06. The van der Waals surface area contributed by atoms with E-state index in [9.17, 15) is 0 Å². The average molecular weight is 373 g/mol. The topological polar surface area (TPSA) is 8.81 Å². The molecule has 2 aromatic heterocycles. The summed E-state index contributed by atoms with van der Waals surface area (Å²) in [6.07, 6.45) is 2.27. The maximum atomic E-state index is 2.57. The van der Waals surface area contributed by atoms with E-state index in [4.69, 9.17) is 0 Å². The summed E-state index contributed by atoms with van der Waals surface area (Å²) in [5.74, 6) is 0. The Balaban J connectivity index is 1.62. The molecule has 0 bridgehead atoms. The molecule has 4 heterocycles. The lowest BCUT2D eigenvalue weighted by Gasteiger charge is -2.38. The van der Waals surface area contributed by atoms with Gasteiger partial charge in [0.05, 0.1) is 23.0 Å². The van der Waals surface area contributed by atoms with Gasteiger partial charge in [-0.25, -0.2) is 0 Å². The third kappa shape index (κ3) is 1.89. The Bertz CT molecular complexity index is 1460. The first-order valence-corrected chi connectivity index (χ1v) is 10.4. The van der Waals surface area contributed by atoms with E-state index in [0.717, 1.165) is 6.42 Å². The molecular weight excluding hydrogens is 352 g/mol. The number of aromatic nitrogens is 2. The van der Waals surface area contributed by atoms with E-state index >= 15 is 0 Å². The van der Waals surface area contributed by atoms with Gasteiger partial charge in [-0.3, -0.25) is 0 Å². The van der Waals surface area contributed by atoms with Crippen molar-refractivity contribution in [1.82, 2.24) is 4.57 Å². The molecule has 0 radical (unpaired) electrons. The van der Waals surface area contributed by atoms with Crippen molar-refractivity contribution < 1.29 is 4.57 Å². The number of fused-ring (bicyclic) bond motifs is 5. The van der Waals surface area contributed by atoms with Gasteiger partial charge in [0.1, 0.15) is 0 Å². The first kappa shape index (κ1) is 15.5. The van der Waals surface area contributed by atoms with Crippen LogP contribution in [0.5, 0.6) is 0 Å². The van der Waals surface area contributed by atoms with Gasteiger partial charge >= 0.3 is 0 Å². The molecule has 1 unspecified atom stereocenters. The molecule has 0 spiro atoms. The van der Waals surface area contributed by atoms with Gasteiger partial charge in [-0.1, -0.05) is 36.4 Å². The second-order valence-corrected chi connectivity index (χ2v) is 8.80. The SMILES string of the molecule is CC12Cc3cc4c(cc3-c3cccc([n+]31)C2)c1ccccc1n4-c1ccccc1. The Kier molecular flexibility index (Phi) is 2.76. The van der Waals surface area contributed by atoms with Gasteiger partial charge in [0.2, 0.25) is 5.69 Å². The summed E-state index contributed by atoms with van der Waals surface area (Å²) >= 11 is 0. The summed E-state index contributed by atoms with van der Waals surface area (Å²) in [5.41, 5.74) is 9.72. The van der Waals surface area contributed by atoms with Crippen molar-refractivity contribution in [3.63, 3.8) is 0 Å². The zero-order valence-corrected chi connectivity index (χ0v) is 16.4. The third-order valence-corrected chi connectivity index (χ3v) is 6.93. The zero-order chi connectivity index (χ0) is 19.2. The molecule has 5 aromatic rings. The highest BCUT2D eigenvalue weighted by atomic mass is 15.1. The molecule has 0 saturated carbocycles. The monoisotopic (exact) mass is 373 g/mol. The van der Waals surface area contributed by atoms with Crippen LogP contribution in [-0.4, -0.2) is 4.57 Å². The quantitative estimate of drug-likeness (QED) is 0.340. The highest BCUT2D eigenvalue weighted by Crippen LogP contribution is 2.43. The molecule has 2 nitrogen and oxygen atoms in total. The van der Waals surface area contributed by atoms with E-state index in [1.807, 2.05) is 0 Å². The standard InChI is InChI=1S/C27H21N2/c1-27-16-18-14-26-23(15-22(18)25-13-7-10-20(17-27)29(25)27)21-11-5-6-12-24(21)28(26)19-8-3-2-4-9-19/h2-15H,16-17H2,1H3/q+1. The van der Waals surface area contributed by atoms with Crippen molar-refractivity contribution in [2.75, 3.05) is 0 Å². The number of nitrogens with zero attached hydrogens (tertiary/aromatic N) is 2. The van der Waals surface area contributed by atoms with Crippen LogP contribution in [0.25, 0.3) is 38.8 Å². The Morgan fingerprint density at radius 1 is 0.759 bits per heavy atom. The van der Waals surface area contributed by atoms with Crippen molar-refractivity contribution in [3.8, 4) is 16.9 Å². The molecule has 0 fully saturated rings. The van der Waals surface area contributed by atoms with Crippen LogP contribution in [0.4, 0.5) is 0 Å². The summed E-state index contributed by atoms with van der Waals surface area (Å²) in [7, 11) is 0. The van der Waals surface area contributed by atoms with E-state index in [0.29, 0.717) is 0 Å². The lowest BCUT2D eigenvalue weighted by molar-refractivity contribution is -0.800. The molecule has 0 saturated heterocycles. The maximum Gasteiger partial charge on any atom is 0.213 e. The number of pyridine rings is 1. The minimum absolute atomic E-state index is 0.218. The van der Waals surface area contributed by atoms with Crippen molar-refractivity contribution in [3.05, 3.63) is 96.2 Å². The number of hydrogen-bond acceptors (Lipinski definition) is 0. The Labute approximate surface area is 169 Å². The summed E-state index contributed by atoms with van der Waals surface area (Å²) in [5, 5.41) is 2.66. The molecule has 29 heavy (non-hydrogen) atoms. The third-order valence-electron chi connectivity index (χ3n) is 6.93. The van der Waals surface area contributed by atoms with Crippen molar-refractivity contribution in [1.29, 1.82) is 0 Å². The second kappa shape index (κ2) is 5.15. The predicted octanol–water partition coefficient (Wildman–Crippen LogP) is 5.57. The molecule has 7 rings (SSSR count). The van der Waals surface area contributed by atoms with E-state index in [-0.39, 0.29) is 5.54 Å². The van der Waals surface area contributed by atoms with Crippen LogP contribution in [-0.2, 0) is 18.4 Å². The van der Waals surface area contributed by atoms with Gasteiger partial charge in [0.25, 0.3) is 0 Å². The Morgan fingerprint density at radius 2 is 1.59 bits per heavy atom. The number of para-hydroxylation sites is 2. The fourth-order valence-electron chi connectivity index (χ4n) is 5.77. The van der Waals surface area contributed by atoms with E-state index in [2.05, 4.69) is 101 Å². The molecule has 2 aliphatic rings. The van der Waals surface area contributed by atoms with Crippen LogP contribution in [0.15, 0.2) is 84.9 Å². The number of rotatable bonds is 1. The molecular formula is C27H21N2+. The van der Waals surface area contributed by atoms with Crippen LogP contribution in [0.2, 0.25) is 0 Å². The van der Waals surface area contributed by atoms with Crippen LogP contribution >= 0.6 is 0 Å². The van der Waals surface area contributed by atoms with Crippen LogP contribution in [0, 0.1) is 0 Å². The molecule has 0 amide bonds. The summed E-state index contributed by atoms with van der Waals surface area (Å²) in [6, 6.07) is 31.2. The predicted molar refractivity (Wildman–Crippen MR) is 117 cm³/mol. The van der Waals surface area contributed by atoms with Gasteiger partial charge in [-0.2, -0.15) is 4.57 Å². The Hall–Kier alpha value is -3.39. The van der Waals surface area contributed by atoms with Crippen molar-refractivity contribution in [2.24, 2.45) is 0 Å². The molecule has 2 heteroatoms. The maximum absolute atomic E-state index is 2.57. The summed E-state index contributed by atoms with van der Waals surface area (Å²) in [6.45, 7) is 2.41. The van der Waals surface area contributed by atoms with Gasteiger partial charge in [-0.05, 0) is 42.0 Å². The van der Waals surface area contributed by atoms with Gasteiger partial charge in [0, 0.05) is 41.9 Å². The first-order valence-electron chi connectivity index (χ1n) is 10.4. The normalized spacial score (nSPS) is 19.1. The zero-order valence-electron chi connectivity index (χ0n) is 16.4. The lowest BCUT2D eigenvalue weighted by Crippen LogP contribution is -2.70. The van der Waals surface area contributed by atoms with Gasteiger partial charge in [-0.15, -0.1) is 0 Å². The molecule has 0 aliphatic carbocycles. The first-order chi connectivity index (χ1) is 14.2. The number of hydrogen-bond donors (Lipinski definition) is 0. The fraction of sp³-hybridized carbons (Fsp3) is 0.148. The van der Waals surface area contributed by atoms with E-state index < -0.39 is 0 Å². The van der Waals surface area contributed by atoms with E-state index in [1.54, 1.807) is 0 Å². The largest absolute Gasteiger partial charge is 0.309 e. The van der Waals surface area contributed by atoms with E-state index in [1.165, 1.54) is 56.4 Å². The van der Waals surface area contributed by atoms with Crippen LogP contribution in [0.3, 0.4) is 0 Å². The highest BCUT2D eigenvalue weighted by molar-refractivity contribution is 6.10. The van der Waals surface area contributed by atoms with Crippen molar-refractivity contribution in [2.45, 2.75) is 25.3 Å². The molecule has 138 valence electrons. The molecule has 2 aliphatic heterocycles. The van der Waals surface area contributed by atoms with Crippen molar-refractivity contribution >= 4 is 21.8 Å². The highest BCUT2D eigenvalue weighted by Gasteiger charge is 2.53.